The number of aliphatic hydroxyl groups is 1. The van der Waals surface area contributed by atoms with Crippen molar-refractivity contribution in [3.8, 4) is 5.75 Å². The summed E-state index contributed by atoms with van der Waals surface area (Å²) in [5.41, 5.74) is 2.70. The van der Waals surface area contributed by atoms with E-state index in [-0.39, 0.29) is 6.61 Å². The third-order valence-electron chi connectivity index (χ3n) is 3.03. The summed E-state index contributed by atoms with van der Waals surface area (Å²) < 4.78 is 6.42. The summed E-state index contributed by atoms with van der Waals surface area (Å²) in [6.45, 7) is 3.06. The summed E-state index contributed by atoms with van der Waals surface area (Å²) in [5.74, 6) is 0.715. The fourth-order valence-electron chi connectivity index (χ4n) is 1.97. The van der Waals surface area contributed by atoms with E-state index in [9.17, 15) is 5.11 Å². The second-order valence-electron chi connectivity index (χ2n) is 4.50. The number of rotatable bonds is 6. The van der Waals surface area contributed by atoms with Gasteiger partial charge in [0.2, 0.25) is 0 Å². The lowest BCUT2D eigenvalue weighted by Gasteiger charge is -2.12. The number of benzene rings is 2. The van der Waals surface area contributed by atoms with Crippen molar-refractivity contribution in [2.24, 2.45) is 0 Å². The molecule has 2 N–H and O–H groups in total. The third kappa shape index (κ3) is 4.37. The highest BCUT2D eigenvalue weighted by Crippen LogP contribution is 2.25. The third-order valence-corrected chi connectivity index (χ3v) is 3.87. The first-order chi connectivity index (χ1) is 10.1. The Morgan fingerprint density at radius 1 is 1.19 bits per heavy atom. The minimum absolute atomic E-state index is 0.0517. The zero-order valence-electron chi connectivity index (χ0n) is 11.7. The van der Waals surface area contributed by atoms with Gasteiger partial charge in [-0.05, 0) is 42.8 Å². The maximum absolute atomic E-state index is 9.40. The van der Waals surface area contributed by atoms with Gasteiger partial charge in [0.05, 0.1) is 13.2 Å². The minimum Gasteiger partial charge on any atom is -0.494 e. The molecule has 3 nitrogen and oxygen atoms in total. The molecule has 112 valence electrons. The average molecular weight is 371 g/mol. The molecule has 2 aromatic rings. The molecule has 21 heavy (non-hydrogen) atoms. The second-order valence-corrected chi connectivity index (χ2v) is 5.83. The highest BCUT2D eigenvalue weighted by molar-refractivity contribution is 9.10. The van der Waals surface area contributed by atoms with Gasteiger partial charge >= 0.3 is 0 Å². The van der Waals surface area contributed by atoms with Gasteiger partial charge in [-0.3, -0.25) is 0 Å². The molecule has 0 unspecified atom stereocenters. The van der Waals surface area contributed by atoms with Crippen molar-refractivity contribution in [1.82, 2.24) is 0 Å². The first kappa shape index (κ1) is 16.1. The van der Waals surface area contributed by atoms with Crippen LogP contribution in [0.4, 0.5) is 5.69 Å². The van der Waals surface area contributed by atoms with Crippen LogP contribution in [0.3, 0.4) is 0 Å². The Labute approximate surface area is 138 Å². The molecule has 2 aromatic carbocycles. The van der Waals surface area contributed by atoms with E-state index in [1.807, 2.05) is 43.3 Å². The van der Waals surface area contributed by atoms with Gasteiger partial charge in [-0.2, -0.15) is 0 Å². The fraction of sp³-hybridized carbons (Fsp3) is 0.250. The molecule has 0 atom stereocenters. The van der Waals surface area contributed by atoms with E-state index in [0.717, 1.165) is 21.3 Å². The lowest BCUT2D eigenvalue weighted by atomic mass is 10.1. The van der Waals surface area contributed by atoms with Crippen molar-refractivity contribution >= 4 is 33.2 Å². The smallest absolute Gasteiger partial charge is 0.124 e. The van der Waals surface area contributed by atoms with Crippen LogP contribution >= 0.6 is 27.5 Å². The van der Waals surface area contributed by atoms with Gasteiger partial charge in [-0.15, -0.1) is 0 Å². The van der Waals surface area contributed by atoms with Gasteiger partial charge in [0.1, 0.15) is 5.75 Å². The number of hydrogen-bond acceptors (Lipinski definition) is 3. The van der Waals surface area contributed by atoms with Gasteiger partial charge in [-0.25, -0.2) is 0 Å². The van der Waals surface area contributed by atoms with Crippen LogP contribution in [0, 0.1) is 0 Å². The number of hydrogen-bond donors (Lipinski definition) is 2. The van der Waals surface area contributed by atoms with Crippen LogP contribution in [-0.4, -0.2) is 11.7 Å². The number of halogens is 2. The van der Waals surface area contributed by atoms with Crippen LogP contribution in [0.2, 0.25) is 5.02 Å². The average Bonchev–Trinajstić information content (AvgIpc) is 2.47. The summed E-state index contributed by atoms with van der Waals surface area (Å²) in [6.07, 6.45) is 0. The number of anilines is 1. The van der Waals surface area contributed by atoms with Crippen LogP contribution < -0.4 is 10.1 Å². The van der Waals surface area contributed by atoms with Gasteiger partial charge in [0.25, 0.3) is 0 Å². The van der Waals surface area contributed by atoms with Gasteiger partial charge < -0.3 is 15.2 Å². The Morgan fingerprint density at radius 3 is 2.67 bits per heavy atom. The summed E-state index contributed by atoms with van der Waals surface area (Å²) >= 11 is 9.58. The summed E-state index contributed by atoms with van der Waals surface area (Å²) in [5, 5.41) is 13.4. The molecule has 0 spiro atoms. The first-order valence-corrected chi connectivity index (χ1v) is 7.85. The molecule has 0 aromatic heterocycles. The molecule has 0 aliphatic carbocycles. The normalized spacial score (nSPS) is 10.5. The Morgan fingerprint density at radius 2 is 2.00 bits per heavy atom. The van der Waals surface area contributed by atoms with E-state index in [2.05, 4.69) is 21.2 Å². The molecule has 2 rings (SSSR count). The van der Waals surface area contributed by atoms with Gasteiger partial charge in [0, 0.05) is 27.3 Å². The second kappa shape index (κ2) is 7.69. The van der Waals surface area contributed by atoms with Crippen molar-refractivity contribution in [3.63, 3.8) is 0 Å². The van der Waals surface area contributed by atoms with Crippen LogP contribution in [-0.2, 0) is 13.2 Å². The molecule has 0 radical (unpaired) electrons. The first-order valence-electron chi connectivity index (χ1n) is 6.68. The highest BCUT2D eigenvalue weighted by Gasteiger charge is 2.05. The van der Waals surface area contributed by atoms with Crippen LogP contribution in [0.25, 0.3) is 0 Å². The molecule has 5 heteroatoms. The van der Waals surface area contributed by atoms with Crippen molar-refractivity contribution in [3.05, 3.63) is 57.0 Å². The van der Waals surface area contributed by atoms with E-state index in [1.165, 1.54) is 0 Å². The molecular weight excluding hydrogens is 354 g/mol. The monoisotopic (exact) mass is 369 g/mol. The Balaban J connectivity index is 2.09. The van der Waals surface area contributed by atoms with Crippen LogP contribution in [0.5, 0.6) is 5.75 Å². The fourth-order valence-corrected chi connectivity index (χ4v) is 2.71. The molecule has 0 saturated heterocycles. The summed E-state index contributed by atoms with van der Waals surface area (Å²) in [6, 6.07) is 11.5. The lowest BCUT2D eigenvalue weighted by molar-refractivity contribution is 0.267. The van der Waals surface area contributed by atoms with Crippen LogP contribution in [0.15, 0.2) is 40.9 Å². The summed E-state index contributed by atoms with van der Waals surface area (Å²) in [4.78, 5) is 0. The maximum Gasteiger partial charge on any atom is 0.124 e. The van der Waals surface area contributed by atoms with Crippen LogP contribution in [0.1, 0.15) is 18.1 Å². The number of ether oxygens (including phenoxy) is 1. The maximum atomic E-state index is 9.40. The van der Waals surface area contributed by atoms with E-state index in [0.29, 0.717) is 23.9 Å². The molecular formula is C16H17BrClNO2. The predicted molar refractivity (Wildman–Crippen MR) is 90.0 cm³/mol. The minimum atomic E-state index is -0.0517. The number of nitrogens with one attached hydrogen (secondary N) is 1. The van der Waals surface area contributed by atoms with Gasteiger partial charge in [-0.1, -0.05) is 33.6 Å². The Hall–Kier alpha value is -1.23. The summed E-state index contributed by atoms with van der Waals surface area (Å²) in [7, 11) is 0. The van der Waals surface area contributed by atoms with E-state index in [1.54, 1.807) is 0 Å². The molecule has 0 aliphatic rings. The lowest BCUT2D eigenvalue weighted by Crippen LogP contribution is -2.02. The zero-order valence-corrected chi connectivity index (χ0v) is 14.0. The molecule has 0 bridgehead atoms. The van der Waals surface area contributed by atoms with Crippen molar-refractivity contribution in [2.75, 3.05) is 11.9 Å². The van der Waals surface area contributed by atoms with Crippen molar-refractivity contribution in [1.29, 1.82) is 0 Å². The highest BCUT2D eigenvalue weighted by atomic mass is 79.9. The van der Waals surface area contributed by atoms with E-state index >= 15 is 0 Å². The van der Waals surface area contributed by atoms with Crippen molar-refractivity contribution in [2.45, 2.75) is 20.1 Å². The predicted octanol–water partition coefficient (Wildman–Crippen LogP) is 4.61. The molecule has 0 aliphatic heterocycles. The standard InChI is InChI=1S/C16H17BrClNO2/c1-2-21-16-6-5-14(7-12(16)10-20)19-9-11-3-4-13(17)8-15(11)18/h3-8,19-20H,2,9-10H2,1H3. The molecule has 0 heterocycles. The van der Waals surface area contributed by atoms with E-state index in [4.69, 9.17) is 16.3 Å². The Bertz CT molecular complexity index is 619. The molecule has 0 amide bonds. The van der Waals surface area contributed by atoms with E-state index < -0.39 is 0 Å². The molecule has 0 saturated carbocycles. The number of aliphatic hydroxyl groups excluding tert-OH is 1. The largest absolute Gasteiger partial charge is 0.494 e. The SMILES string of the molecule is CCOc1ccc(NCc2ccc(Br)cc2Cl)cc1CO. The zero-order chi connectivity index (χ0) is 15.2. The quantitative estimate of drug-likeness (QED) is 0.780. The Kier molecular flexibility index (Phi) is 5.91. The molecule has 0 fully saturated rings. The van der Waals surface area contributed by atoms with Crippen molar-refractivity contribution < 1.29 is 9.84 Å². The topological polar surface area (TPSA) is 41.5 Å². The van der Waals surface area contributed by atoms with Gasteiger partial charge in [0.15, 0.2) is 0 Å².